The normalized spacial score (nSPS) is 19.5. The third kappa shape index (κ3) is 9.53. The van der Waals surface area contributed by atoms with E-state index in [1.54, 1.807) is 39.5 Å². The molecule has 4 aromatic rings. The Morgan fingerprint density at radius 2 is 1.58 bits per heavy atom. The third-order valence-electron chi connectivity index (χ3n) is 12.9. The molecule has 3 fully saturated rings. The maximum absolute atomic E-state index is 14.7. The molecule has 4 aliphatic heterocycles. The van der Waals surface area contributed by atoms with E-state index < -0.39 is 36.3 Å². The van der Waals surface area contributed by atoms with Crippen molar-refractivity contribution < 1.29 is 29.1 Å². The van der Waals surface area contributed by atoms with Crippen molar-refractivity contribution in [2.45, 2.75) is 83.1 Å². The minimum absolute atomic E-state index is 0.00649. The molecule has 4 aliphatic rings. The number of piperidine rings is 2. The number of aryl methyl sites for hydroxylation is 1. The first-order chi connectivity index (χ1) is 30.0. The largest absolute Gasteiger partial charge is 0.481 e. The number of pyridine rings is 2. The van der Waals surface area contributed by atoms with Crippen LogP contribution < -0.4 is 25.8 Å². The molecule has 328 valence electrons. The number of nitrogens with one attached hydrogen (secondary N) is 4. The summed E-state index contributed by atoms with van der Waals surface area (Å²) in [5, 5.41) is 26.9. The van der Waals surface area contributed by atoms with Gasteiger partial charge in [-0.25, -0.2) is 9.78 Å². The lowest BCUT2D eigenvalue weighted by atomic mass is 9.89. The van der Waals surface area contributed by atoms with Crippen LogP contribution in [0.3, 0.4) is 0 Å². The summed E-state index contributed by atoms with van der Waals surface area (Å²) >= 11 is 0. The van der Waals surface area contributed by atoms with Gasteiger partial charge in [0, 0.05) is 94.5 Å². The number of hydrogen-bond acceptors (Lipinski definition) is 11. The van der Waals surface area contributed by atoms with E-state index in [1.165, 1.54) is 0 Å². The number of aromatic amines is 1. The number of aliphatic carboxylic acids is 1. The summed E-state index contributed by atoms with van der Waals surface area (Å²) in [6, 6.07) is 9.82. The Morgan fingerprint density at radius 3 is 2.31 bits per heavy atom. The summed E-state index contributed by atoms with van der Waals surface area (Å²) in [6.45, 7) is 7.99. The molecule has 3 saturated heterocycles. The molecule has 0 spiro atoms. The number of H-pyrrole nitrogens is 1. The summed E-state index contributed by atoms with van der Waals surface area (Å²) in [5.41, 5.74) is 4.77. The number of fused-ring (bicyclic) bond motifs is 2. The second-order valence-corrected chi connectivity index (χ2v) is 17.0. The minimum atomic E-state index is -1.17. The molecular weight excluding hydrogens is 793 g/mol. The van der Waals surface area contributed by atoms with Gasteiger partial charge in [-0.05, 0) is 93.3 Å². The Kier molecular flexibility index (Phi) is 12.7. The Hall–Kier alpha value is -6.46. The van der Waals surface area contributed by atoms with Crippen LogP contribution in [0.5, 0.6) is 0 Å². The fraction of sp³-hybridized carbons (Fsp3) is 0.500. The summed E-state index contributed by atoms with van der Waals surface area (Å²) in [5.74, 6) is -1.39. The lowest BCUT2D eigenvalue weighted by Crippen LogP contribution is -2.59. The molecule has 0 radical (unpaired) electrons. The molecule has 18 heteroatoms. The second-order valence-electron chi connectivity index (χ2n) is 17.0. The van der Waals surface area contributed by atoms with E-state index in [0.29, 0.717) is 71.6 Å². The average molecular weight is 849 g/mol. The maximum Gasteiger partial charge on any atom is 0.318 e. The highest BCUT2D eigenvalue weighted by atomic mass is 16.4. The first kappa shape index (κ1) is 42.2. The van der Waals surface area contributed by atoms with E-state index in [2.05, 4.69) is 58.9 Å². The van der Waals surface area contributed by atoms with Crippen molar-refractivity contribution in [1.82, 2.24) is 45.5 Å². The van der Waals surface area contributed by atoms with Gasteiger partial charge < -0.3 is 45.6 Å². The number of carbonyl (C=O) groups is 5. The van der Waals surface area contributed by atoms with Crippen LogP contribution in [-0.4, -0.2) is 146 Å². The van der Waals surface area contributed by atoms with Gasteiger partial charge in [0.15, 0.2) is 5.82 Å². The van der Waals surface area contributed by atoms with Crippen LogP contribution in [0.15, 0.2) is 61.2 Å². The number of amides is 5. The predicted molar refractivity (Wildman–Crippen MR) is 232 cm³/mol. The topological polar surface area (TPSA) is 212 Å². The van der Waals surface area contributed by atoms with Gasteiger partial charge in [0.2, 0.25) is 17.7 Å². The number of piperazine rings is 1. The Labute approximate surface area is 360 Å². The van der Waals surface area contributed by atoms with Crippen LogP contribution in [0.25, 0.3) is 10.9 Å². The molecular formula is C44H56N12O6. The molecule has 62 heavy (non-hydrogen) atoms. The lowest BCUT2D eigenvalue weighted by molar-refractivity contribution is -0.145. The van der Waals surface area contributed by atoms with E-state index in [1.807, 2.05) is 37.3 Å². The predicted octanol–water partition coefficient (Wildman–Crippen LogP) is 2.96. The number of carboxylic acids is 1. The zero-order valence-electron chi connectivity index (χ0n) is 35.3. The molecule has 3 atom stereocenters. The van der Waals surface area contributed by atoms with Gasteiger partial charge in [0.05, 0.1) is 23.6 Å². The maximum atomic E-state index is 14.7. The Balaban J connectivity index is 0.984. The molecule has 1 unspecified atom stereocenters. The number of aromatic nitrogens is 4. The number of carbonyl (C=O) groups excluding carboxylic acids is 4. The van der Waals surface area contributed by atoms with Crippen molar-refractivity contribution in [2.24, 2.45) is 5.92 Å². The van der Waals surface area contributed by atoms with Gasteiger partial charge in [-0.3, -0.25) is 29.3 Å². The van der Waals surface area contributed by atoms with Crippen molar-refractivity contribution in [2.75, 3.05) is 67.5 Å². The van der Waals surface area contributed by atoms with Crippen LogP contribution in [0, 0.1) is 12.8 Å². The van der Waals surface area contributed by atoms with Crippen molar-refractivity contribution in [3.63, 3.8) is 0 Å². The summed E-state index contributed by atoms with van der Waals surface area (Å²) in [7, 11) is 0. The number of nitrogens with zero attached hydrogens (tertiary/aromatic N) is 8. The summed E-state index contributed by atoms with van der Waals surface area (Å²) < 4.78 is 0. The van der Waals surface area contributed by atoms with E-state index >= 15 is 0 Å². The van der Waals surface area contributed by atoms with Crippen molar-refractivity contribution in [3.8, 4) is 0 Å². The average Bonchev–Trinajstić information content (AvgIpc) is 3.90. The van der Waals surface area contributed by atoms with Gasteiger partial charge in [0.1, 0.15) is 18.5 Å². The number of anilines is 3. The van der Waals surface area contributed by atoms with Crippen LogP contribution in [-0.2, 0) is 25.6 Å². The van der Waals surface area contributed by atoms with Crippen LogP contribution >= 0.6 is 0 Å². The fourth-order valence-electron chi connectivity index (χ4n) is 9.61. The Bertz CT molecular complexity index is 2250. The molecule has 7 heterocycles. The quantitative estimate of drug-likeness (QED) is 0.130. The highest BCUT2D eigenvalue weighted by Gasteiger charge is 2.38. The SMILES string of the molecule is Cc1cc(C[C@@H](NC(=O)N2CCC(N3c4cccnc4NC3C)CC2)C(=O)N[C@@H](CC2CCN(C(=O)CC(=O)O)CC2)C(=O)N2CCN(c3ccncc3)CC2)cc2cn[nH]c12. The standard InChI is InChI=1S/C44H56N12O6/c1-28-22-31(23-32-27-47-51-40(28)32)25-35(50-44(62)55-16-9-34(10-17-55)56-29(2)48-41-37(56)4-3-11-46-41)42(60)49-36(24-30-7-14-53(15-8-30)38(57)26-39(58)59)43(61)54-20-18-52(19-21-54)33-5-12-45-13-6-33/h3-6,11-13,22-23,27,29-30,34-36H,7-10,14-21,24-26H2,1-2H3,(H,46,48)(H,47,51)(H,49,60)(H,50,62)(H,58,59)/t29?,35-,36+/m1/s1. The van der Waals surface area contributed by atoms with Crippen molar-refractivity contribution in [1.29, 1.82) is 0 Å². The molecule has 18 nitrogen and oxygen atoms in total. The van der Waals surface area contributed by atoms with Crippen LogP contribution in [0.4, 0.5) is 22.0 Å². The van der Waals surface area contributed by atoms with Gasteiger partial charge >= 0.3 is 12.0 Å². The van der Waals surface area contributed by atoms with Crippen LogP contribution in [0.2, 0.25) is 0 Å². The number of carboxylic acid groups (broad SMARTS) is 1. The highest BCUT2D eigenvalue weighted by molar-refractivity contribution is 5.94. The van der Waals surface area contributed by atoms with Gasteiger partial charge in [-0.2, -0.15) is 5.10 Å². The molecule has 0 saturated carbocycles. The number of rotatable bonds is 12. The van der Waals surface area contributed by atoms with Gasteiger partial charge in [0.25, 0.3) is 0 Å². The minimum Gasteiger partial charge on any atom is -0.481 e. The van der Waals surface area contributed by atoms with E-state index in [0.717, 1.165) is 52.1 Å². The number of benzene rings is 1. The molecule has 0 aliphatic carbocycles. The fourth-order valence-corrected chi connectivity index (χ4v) is 9.61. The zero-order chi connectivity index (χ0) is 43.3. The number of hydrogen-bond donors (Lipinski definition) is 5. The smallest absolute Gasteiger partial charge is 0.318 e. The van der Waals surface area contributed by atoms with Gasteiger partial charge in [-0.15, -0.1) is 0 Å². The number of likely N-dealkylation sites (tertiary alicyclic amines) is 2. The second kappa shape index (κ2) is 18.7. The first-order valence-electron chi connectivity index (χ1n) is 21.7. The molecule has 8 rings (SSSR count). The van der Waals surface area contributed by atoms with Crippen molar-refractivity contribution >= 4 is 57.8 Å². The van der Waals surface area contributed by atoms with Gasteiger partial charge in [-0.1, -0.05) is 6.07 Å². The molecule has 3 aromatic heterocycles. The van der Waals surface area contributed by atoms with Crippen molar-refractivity contribution in [3.05, 3.63) is 72.3 Å². The monoisotopic (exact) mass is 848 g/mol. The van der Waals surface area contributed by atoms with E-state index in [-0.39, 0.29) is 36.5 Å². The Morgan fingerprint density at radius 1 is 0.855 bits per heavy atom. The molecule has 5 amide bonds. The zero-order valence-corrected chi connectivity index (χ0v) is 35.3. The molecule has 1 aromatic carbocycles. The lowest BCUT2D eigenvalue weighted by Gasteiger charge is -2.40. The number of urea groups is 1. The summed E-state index contributed by atoms with van der Waals surface area (Å²) in [4.78, 5) is 85.4. The summed E-state index contributed by atoms with van der Waals surface area (Å²) in [6.07, 6.45) is 9.65. The first-order valence-corrected chi connectivity index (χ1v) is 21.7. The van der Waals surface area contributed by atoms with Crippen LogP contribution in [0.1, 0.15) is 56.6 Å². The molecule has 5 N–H and O–H groups in total. The van der Waals surface area contributed by atoms with E-state index in [4.69, 9.17) is 5.11 Å². The highest BCUT2D eigenvalue weighted by Crippen LogP contribution is 2.36. The van der Waals surface area contributed by atoms with E-state index in [9.17, 15) is 24.0 Å². The molecule has 0 bridgehead atoms. The third-order valence-corrected chi connectivity index (χ3v) is 12.9.